The SMILES string of the molecule is COc1ccc(C2CC(c3ccc(OC)cc3OC)NC(N)=N2)cc1. The maximum atomic E-state index is 6.04. The summed E-state index contributed by atoms with van der Waals surface area (Å²) in [5, 5.41) is 3.25. The fourth-order valence-electron chi connectivity index (χ4n) is 3.07. The molecule has 2 unspecified atom stereocenters. The first-order chi connectivity index (χ1) is 12.1. The molecule has 6 heteroatoms. The largest absolute Gasteiger partial charge is 0.497 e. The van der Waals surface area contributed by atoms with Crippen LogP contribution in [-0.2, 0) is 0 Å². The van der Waals surface area contributed by atoms with Crippen LogP contribution in [0.3, 0.4) is 0 Å². The Morgan fingerprint density at radius 2 is 1.64 bits per heavy atom. The molecule has 2 aromatic rings. The molecule has 2 atom stereocenters. The van der Waals surface area contributed by atoms with Crippen molar-refractivity contribution in [3.05, 3.63) is 53.6 Å². The number of nitrogens with two attached hydrogens (primary N) is 1. The minimum absolute atomic E-state index is 0.00505. The zero-order chi connectivity index (χ0) is 17.8. The Kier molecular flexibility index (Phi) is 4.97. The second-order valence-electron chi connectivity index (χ2n) is 5.84. The van der Waals surface area contributed by atoms with E-state index in [1.165, 1.54) is 0 Å². The van der Waals surface area contributed by atoms with Crippen molar-refractivity contribution in [1.82, 2.24) is 5.32 Å². The van der Waals surface area contributed by atoms with Crippen LogP contribution in [0, 0.1) is 0 Å². The van der Waals surface area contributed by atoms with E-state index in [0.717, 1.165) is 34.8 Å². The summed E-state index contributed by atoms with van der Waals surface area (Å²) in [7, 11) is 4.94. The monoisotopic (exact) mass is 341 g/mol. The average molecular weight is 341 g/mol. The van der Waals surface area contributed by atoms with E-state index in [0.29, 0.717) is 5.96 Å². The minimum Gasteiger partial charge on any atom is -0.497 e. The number of hydrogen-bond donors (Lipinski definition) is 2. The normalized spacial score (nSPS) is 19.6. The molecule has 0 saturated carbocycles. The maximum Gasteiger partial charge on any atom is 0.189 e. The van der Waals surface area contributed by atoms with E-state index in [-0.39, 0.29) is 12.1 Å². The van der Waals surface area contributed by atoms with Gasteiger partial charge in [-0.05, 0) is 36.2 Å². The molecule has 0 bridgehead atoms. The first kappa shape index (κ1) is 17.0. The van der Waals surface area contributed by atoms with Crippen molar-refractivity contribution in [2.45, 2.75) is 18.5 Å². The third-order valence-electron chi connectivity index (χ3n) is 4.39. The highest BCUT2D eigenvalue weighted by Crippen LogP contribution is 2.37. The number of nitrogens with zero attached hydrogens (tertiary/aromatic N) is 1. The van der Waals surface area contributed by atoms with E-state index in [1.807, 2.05) is 42.5 Å². The lowest BCUT2D eigenvalue weighted by Crippen LogP contribution is -2.39. The number of methoxy groups -OCH3 is 3. The minimum atomic E-state index is -0.0241. The molecule has 1 aliphatic heterocycles. The molecule has 0 fully saturated rings. The molecule has 0 aliphatic carbocycles. The standard InChI is InChI=1S/C19H23N3O3/c1-23-13-6-4-12(5-7-13)16-11-17(22-19(20)21-16)15-9-8-14(24-2)10-18(15)25-3/h4-10,16-17H,11H2,1-3H3,(H3,20,21,22). The van der Waals surface area contributed by atoms with Gasteiger partial charge in [-0.25, -0.2) is 4.99 Å². The number of rotatable bonds is 5. The van der Waals surface area contributed by atoms with Gasteiger partial charge in [-0.3, -0.25) is 0 Å². The van der Waals surface area contributed by atoms with Crippen LogP contribution >= 0.6 is 0 Å². The van der Waals surface area contributed by atoms with Crippen molar-refractivity contribution in [3.8, 4) is 17.2 Å². The topological polar surface area (TPSA) is 78.1 Å². The Labute approximate surface area is 147 Å². The van der Waals surface area contributed by atoms with E-state index in [1.54, 1.807) is 21.3 Å². The third-order valence-corrected chi connectivity index (χ3v) is 4.39. The van der Waals surface area contributed by atoms with E-state index in [2.05, 4.69) is 10.3 Å². The van der Waals surface area contributed by atoms with Crippen molar-refractivity contribution in [1.29, 1.82) is 0 Å². The van der Waals surface area contributed by atoms with E-state index < -0.39 is 0 Å². The molecule has 1 aliphatic rings. The molecular formula is C19H23N3O3. The summed E-state index contributed by atoms with van der Waals surface area (Å²) in [4.78, 5) is 4.55. The maximum absolute atomic E-state index is 6.04. The van der Waals surface area contributed by atoms with Gasteiger partial charge in [-0.2, -0.15) is 0 Å². The summed E-state index contributed by atoms with van der Waals surface area (Å²) >= 11 is 0. The zero-order valence-corrected chi connectivity index (χ0v) is 14.7. The highest BCUT2D eigenvalue weighted by atomic mass is 16.5. The second kappa shape index (κ2) is 7.34. The van der Waals surface area contributed by atoms with E-state index in [9.17, 15) is 0 Å². The molecule has 132 valence electrons. The summed E-state index contributed by atoms with van der Waals surface area (Å²) in [6.07, 6.45) is 0.774. The smallest absolute Gasteiger partial charge is 0.189 e. The van der Waals surface area contributed by atoms with Gasteiger partial charge in [0.1, 0.15) is 17.2 Å². The van der Waals surface area contributed by atoms with E-state index in [4.69, 9.17) is 19.9 Å². The zero-order valence-electron chi connectivity index (χ0n) is 14.7. The van der Waals surface area contributed by atoms with Crippen molar-refractivity contribution in [2.24, 2.45) is 10.7 Å². The van der Waals surface area contributed by atoms with Gasteiger partial charge < -0.3 is 25.3 Å². The Morgan fingerprint density at radius 1 is 0.960 bits per heavy atom. The number of hydrogen-bond acceptors (Lipinski definition) is 6. The molecule has 0 radical (unpaired) electrons. The third kappa shape index (κ3) is 3.63. The molecule has 0 saturated heterocycles. The molecule has 0 amide bonds. The average Bonchev–Trinajstić information content (AvgIpc) is 2.67. The number of aliphatic imine (C=N–C) groups is 1. The van der Waals surface area contributed by atoms with Crippen LogP contribution in [0.4, 0.5) is 0 Å². The molecule has 6 nitrogen and oxygen atoms in total. The molecule has 2 aromatic carbocycles. The Morgan fingerprint density at radius 3 is 2.28 bits per heavy atom. The van der Waals surface area contributed by atoms with Crippen LogP contribution in [0.25, 0.3) is 0 Å². The van der Waals surface area contributed by atoms with Gasteiger partial charge >= 0.3 is 0 Å². The van der Waals surface area contributed by atoms with Crippen LogP contribution in [0.1, 0.15) is 29.6 Å². The lowest BCUT2D eigenvalue weighted by atomic mass is 9.93. The lowest BCUT2D eigenvalue weighted by molar-refractivity contribution is 0.381. The van der Waals surface area contributed by atoms with Gasteiger partial charge in [0.2, 0.25) is 0 Å². The quantitative estimate of drug-likeness (QED) is 0.874. The molecule has 1 heterocycles. The predicted octanol–water partition coefficient (Wildman–Crippen LogP) is 2.80. The molecule has 3 N–H and O–H groups in total. The summed E-state index contributed by atoms with van der Waals surface area (Å²) in [5.41, 5.74) is 8.17. The molecule has 0 aromatic heterocycles. The molecule has 0 spiro atoms. The predicted molar refractivity (Wildman–Crippen MR) is 97.4 cm³/mol. The highest BCUT2D eigenvalue weighted by molar-refractivity contribution is 5.79. The van der Waals surface area contributed by atoms with Crippen molar-refractivity contribution in [2.75, 3.05) is 21.3 Å². The number of benzene rings is 2. The Balaban J connectivity index is 1.88. The van der Waals surface area contributed by atoms with Gasteiger partial charge in [0.15, 0.2) is 5.96 Å². The summed E-state index contributed by atoms with van der Waals surface area (Å²) in [6.45, 7) is 0. The van der Waals surface area contributed by atoms with Gasteiger partial charge in [-0.1, -0.05) is 12.1 Å². The number of guanidine groups is 1. The Bertz CT molecular complexity index is 759. The van der Waals surface area contributed by atoms with Crippen molar-refractivity contribution >= 4 is 5.96 Å². The van der Waals surface area contributed by atoms with Gasteiger partial charge in [0.25, 0.3) is 0 Å². The first-order valence-electron chi connectivity index (χ1n) is 8.10. The highest BCUT2D eigenvalue weighted by Gasteiger charge is 2.26. The summed E-state index contributed by atoms with van der Waals surface area (Å²) in [6, 6.07) is 13.7. The van der Waals surface area contributed by atoms with Crippen LogP contribution in [0.5, 0.6) is 17.2 Å². The van der Waals surface area contributed by atoms with Gasteiger partial charge in [0, 0.05) is 11.6 Å². The van der Waals surface area contributed by atoms with Crippen molar-refractivity contribution < 1.29 is 14.2 Å². The van der Waals surface area contributed by atoms with Gasteiger partial charge in [-0.15, -0.1) is 0 Å². The van der Waals surface area contributed by atoms with Crippen LogP contribution in [-0.4, -0.2) is 27.3 Å². The van der Waals surface area contributed by atoms with Crippen LogP contribution < -0.4 is 25.3 Å². The number of ether oxygens (including phenoxy) is 3. The van der Waals surface area contributed by atoms with Crippen molar-refractivity contribution in [3.63, 3.8) is 0 Å². The summed E-state index contributed by atoms with van der Waals surface area (Å²) in [5.74, 6) is 2.77. The fourth-order valence-corrected chi connectivity index (χ4v) is 3.07. The summed E-state index contributed by atoms with van der Waals surface area (Å²) < 4.78 is 16.0. The first-order valence-corrected chi connectivity index (χ1v) is 8.10. The molecule has 25 heavy (non-hydrogen) atoms. The second-order valence-corrected chi connectivity index (χ2v) is 5.84. The van der Waals surface area contributed by atoms with E-state index >= 15 is 0 Å². The number of nitrogens with one attached hydrogen (secondary N) is 1. The molecule has 3 rings (SSSR count). The van der Waals surface area contributed by atoms with Crippen LogP contribution in [0.2, 0.25) is 0 Å². The Hall–Kier alpha value is -2.89. The van der Waals surface area contributed by atoms with Crippen LogP contribution in [0.15, 0.2) is 47.5 Å². The lowest BCUT2D eigenvalue weighted by Gasteiger charge is -2.29. The van der Waals surface area contributed by atoms with Gasteiger partial charge in [0.05, 0.1) is 33.4 Å². The molecular weight excluding hydrogens is 318 g/mol. The fraction of sp³-hybridized carbons (Fsp3) is 0.316.